The second kappa shape index (κ2) is 7.59. The number of nitrogens with one attached hydrogen (secondary N) is 1. The van der Waals surface area contributed by atoms with E-state index in [-0.39, 0.29) is 17.8 Å². The molecule has 0 unspecified atom stereocenters. The van der Waals surface area contributed by atoms with E-state index in [9.17, 15) is 19.7 Å². The summed E-state index contributed by atoms with van der Waals surface area (Å²) >= 11 is 1.30. The number of aromatic nitrogens is 3. The number of fused-ring (bicyclic) bond motifs is 1. The topological polar surface area (TPSA) is 123 Å². The van der Waals surface area contributed by atoms with Crippen molar-refractivity contribution in [3.63, 3.8) is 0 Å². The molecular formula is C18H18N6O4S. The molecule has 0 radical (unpaired) electrons. The third kappa shape index (κ3) is 3.56. The van der Waals surface area contributed by atoms with Crippen LogP contribution in [-0.2, 0) is 0 Å². The van der Waals surface area contributed by atoms with Crippen LogP contribution in [0.2, 0.25) is 0 Å². The lowest BCUT2D eigenvalue weighted by molar-refractivity contribution is -0.385. The predicted molar refractivity (Wildman–Crippen MR) is 108 cm³/mol. The summed E-state index contributed by atoms with van der Waals surface area (Å²) in [5, 5.41) is 14.6. The lowest BCUT2D eigenvalue weighted by Gasteiger charge is -2.32. The molecule has 150 valence electrons. The number of hydrogen-bond donors (Lipinski definition) is 1. The number of anilines is 1. The quantitative estimate of drug-likeness (QED) is 0.510. The van der Waals surface area contributed by atoms with Crippen molar-refractivity contribution in [1.82, 2.24) is 19.7 Å². The molecule has 1 N–H and O–H groups in total. The zero-order valence-corrected chi connectivity index (χ0v) is 16.4. The molecule has 4 rings (SSSR count). The largest absolute Gasteiger partial charge is 0.376 e. The van der Waals surface area contributed by atoms with Crippen LogP contribution in [0.3, 0.4) is 0 Å². The number of carbonyl (C=O) groups is 1. The molecule has 1 saturated heterocycles. The highest BCUT2D eigenvalue weighted by atomic mass is 32.1. The molecule has 1 aliphatic heterocycles. The molecule has 3 aromatic rings. The summed E-state index contributed by atoms with van der Waals surface area (Å²) in [4.78, 5) is 46.7. The summed E-state index contributed by atoms with van der Waals surface area (Å²) in [7, 11) is 0. The summed E-state index contributed by atoms with van der Waals surface area (Å²) in [5.41, 5.74) is 1.45. The van der Waals surface area contributed by atoms with Gasteiger partial charge in [-0.3, -0.25) is 24.1 Å². The lowest BCUT2D eigenvalue weighted by Crippen LogP contribution is -2.45. The maximum Gasteiger partial charge on any atom is 0.376 e. The van der Waals surface area contributed by atoms with Crippen LogP contribution in [0.5, 0.6) is 0 Å². The number of rotatable bonds is 4. The van der Waals surface area contributed by atoms with Crippen molar-refractivity contribution in [3.05, 3.63) is 60.9 Å². The molecule has 10 nitrogen and oxygen atoms in total. The van der Waals surface area contributed by atoms with Crippen molar-refractivity contribution in [2.24, 2.45) is 0 Å². The number of thiazole rings is 1. The SMILES string of the molecule is Cc1ncsc1C(=O)NC1CCN(c2nc3ccccn3c(=O)c2[N+](=O)[O-])CC1. The highest BCUT2D eigenvalue weighted by molar-refractivity contribution is 7.11. The van der Waals surface area contributed by atoms with Crippen LogP contribution in [0.15, 0.2) is 34.7 Å². The standard InChI is InChI=1S/C18H18N6O4S/c1-11-15(29-10-19-11)17(25)20-12-5-8-22(9-6-12)16-14(24(27)28)18(26)23-7-3-2-4-13(23)21-16/h2-4,7,10,12H,5-6,8-9H2,1H3,(H,20,25). The van der Waals surface area contributed by atoms with Gasteiger partial charge in [0.25, 0.3) is 5.91 Å². The fraction of sp³-hybridized carbons (Fsp3) is 0.333. The molecule has 0 saturated carbocycles. The molecule has 0 aromatic carbocycles. The number of nitrogens with zero attached hydrogens (tertiary/aromatic N) is 5. The van der Waals surface area contributed by atoms with Crippen molar-refractivity contribution < 1.29 is 9.72 Å². The van der Waals surface area contributed by atoms with Crippen LogP contribution >= 0.6 is 11.3 Å². The molecule has 0 bridgehead atoms. The number of aryl methyl sites for hydroxylation is 1. The first-order chi connectivity index (χ1) is 14.0. The van der Waals surface area contributed by atoms with E-state index in [2.05, 4.69) is 15.3 Å². The van der Waals surface area contributed by atoms with E-state index in [1.54, 1.807) is 35.5 Å². The first-order valence-electron chi connectivity index (χ1n) is 9.07. The Labute approximate surface area is 169 Å². The predicted octanol–water partition coefficient (Wildman–Crippen LogP) is 1.77. The van der Waals surface area contributed by atoms with Crippen molar-refractivity contribution in [3.8, 4) is 0 Å². The number of amides is 1. The average Bonchev–Trinajstić information content (AvgIpc) is 3.14. The van der Waals surface area contributed by atoms with E-state index >= 15 is 0 Å². The summed E-state index contributed by atoms with van der Waals surface area (Å²) in [6, 6.07) is 4.93. The molecule has 3 aromatic heterocycles. The van der Waals surface area contributed by atoms with Gasteiger partial charge >= 0.3 is 11.2 Å². The zero-order valence-electron chi connectivity index (χ0n) is 15.6. The number of carbonyl (C=O) groups excluding carboxylic acids is 1. The Morgan fingerprint density at radius 3 is 2.76 bits per heavy atom. The Morgan fingerprint density at radius 2 is 2.10 bits per heavy atom. The van der Waals surface area contributed by atoms with E-state index in [1.165, 1.54) is 21.9 Å². The minimum absolute atomic E-state index is 0.0548. The van der Waals surface area contributed by atoms with Gasteiger partial charge in [-0.15, -0.1) is 11.3 Å². The van der Waals surface area contributed by atoms with Crippen LogP contribution in [0.4, 0.5) is 11.5 Å². The number of nitro groups is 1. The Kier molecular flexibility index (Phi) is 4.97. The zero-order chi connectivity index (χ0) is 20.5. The molecule has 29 heavy (non-hydrogen) atoms. The van der Waals surface area contributed by atoms with Gasteiger partial charge in [0, 0.05) is 25.3 Å². The Hall–Kier alpha value is -3.34. The second-order valence-corrected chi connectivity index (χ2v) is 7.63. The van der Waals surface area contributed by atoms with E-state index in [1.807, 2.05) is 0 Å². The maximum absolute atomic E-state index is 12.6. The van der Waals surface area contributed by atoms with Gasteiger partial charge in [-0.2, -0.15) is 0 Å². The number of pyridine rings is 1. The van der Waals surface area contributed by atoms with Crippen LogP contribution < -0.4 is 15.8 Å². The molecule has 11 heteroatoms. The third-order valence-electron chi connectivity index (χ3n) is 4.96. The minimum Gasteiger partial charge on any atom is -0.350 e. The Bertz CT molecular complexity index is 1150. The van der Waals surface area contributed by atoms with E-state index in [0.717, 1.165) is 0 Å². The van der Waals surface area contributed by atoms with Crippen LogP contribution in [0, 0.1) is 17.0 Å². The highest BCUT2D eigenvalue weighted by Crippen LogP contribution is 2.26. The molecule has 1 aliphatic rings. The van der Waals surface area contributed by atoms with E-state index < -0.39 is 16.2 Å². The molecular weight excluding hydrogens is 396 g/mol. The number of hydrogen-bond acceptors (Lipinski definition) is 8. The van der Waals surface area contributed by atoms with Gasteiger partial charge in [0.05, 0.1) is 16.1 Å². The van der Waals surface area contributed by atoms with Gasteiger partial charge in [0.2, 0.25) is 5.82 Å². The van der Waals surface area contributed by atoms with Crippen molar-refractivity contribution in [2.45, 2.75) is 25.8 Å². The van der Waals surface area contributed by atoms with Gasteiger partial charge in [-0.1, -0.05) is 6.07 Å². The van der Waals surface area contributed by atoms with Gasteiger partial charge in [-0.05, 0) is 31.9 Å². The summed E-state index contributed by atoms with van der Waals surface area (Å²) in [6.45, 7) is 2.68. The molecule has 1 amide bonds. The van der Waals surface area contributed by atoms with Gasteiger partial charge < -0.3 is 10.2 Å². The smallest absolute Gasteiger partial charge is 0.350 e. The molecule has 0 atom stereocenters. The molecule has 0 aliphatic carbocycles. The van der Waals surface area contributed by atoms with Crippen molar-refractivity contribution in [2.75, 3.05) is 18.0 Å². The van der Waals surface area contributed by atoms with Crippen LogP contribution in [0.25, 0.3) is 5.65 Å². The van der Waals surface area contributed by atoms with Gasteiger partial charge in [-0.25, -0.2) is 9.97 Å². The van der Waals surface area contributed by atoms with Crippen molar-refractivity contribution in [1.29, 1.82) is 0 Å². The first kappa shape index (κ1) is 19.0. The van der Waals surface area contributed by atoms with Crippen molar-refractivity contribution >= 4 is 34.4 Å². The monoisotopic (exact) mass is 414 g/mol. The molecule has 1 fully saturated rings. The Morgan fingerprint density at radius 1 is 1.34 bits per heavy atom. The fourth-order valence-corrected chi connectivity index (χ4v) is 4.16. The maximum atomic E-state index is 12.6. The van der Waals surface area contributed by atoms with E-state index in [0.29, 0.717) is 42.1 Å². The first-order valence-corrected chi connectivity index (χ1v) is 9.95. The highest BCUT2D eigenvalue weighted by Gasteiger charge is 2.31. The summed E-state index contributed by atoms with van der Waals surface area (Å²) in [5.74, 6) is -0.0780. The van der Waals surface area contributed by atoms with Gasteiger partial charge in [0.1, 0.15) is 10.5 Å². The third-order valence-corrected chi connectivity index (χ3v) is 5.88. The molecule has 4 heterocycles. The fourth-order valence-electron chi connectivity index (χ4n) is 3.45. The minimum atomic E-state index is -0.702. The van der Waals surface area contributed by atoms with Crippen LogP contribution in [0.1, 0.15) is 28.2 Å². The average molecular weight is 414 g/mol. The lowest BCUT2D eigenvalue weighted by atomic mass is 10.0. The normalized spacial score (nSPS) is 14.9. The molecule has 0 spiro atoms. The van der Waals surface area contributed by atoms with Crippen LogP contribution in [-0.4, -0.2) is 44.3 Å². The second-order valence-electron chi connectivity index (χ2n) is 6.78. The summed E-state index contributed by atoms with van der Waals surface area (Å²) < 4.78 is 1.17. The Balaban J connectivity index is 1.54. The van der Waals surface area contributed by atoms with E-state index in [4.69, 9.17) is 0 Å². The van der Waals surface area contributed by atoms with Gasteiger partial charge in [0.15, 0.2) is 0 Å². The summed E-state index contributed by atoms with van der Waals surface area (Å²) in [6.07, 6.45) is 2.65. The number of piperidine rings is 1.